The maximum atomic E-state index is 12.6. The second kappa shape index (κ2) is 6.41. The van der Waals surface area contributed by atoms with Crippen LogP contribution in [0.15, 0.2) is 0 Å². The molecule has 3 N–H and O–H groups in total. The lowest BCUT2D eigenvalue weighted by atomic mass is 9.98. The van der Waals surface area contributed by atoms with Crippen LogP contribution in [0.4, 0.5) is 0 Å². The van der Waals surface area contributed by atoms with Crippen molar-refractivity contribution in [3.8, 4) is 0 Å². The number of amides is 1. The molecule has 6 nitrogen and oxygen atoms in total. The third-order valence-corrected chi connectivity index (χ3v) is 5.00. The quantitative estimate of drug-likeness (QED) is 0.767. The molecule has 3 atom stereocenters. The van der Waals surface area contributed by atoms with E-state index in [2.05, 4.69) is 4.72 Å². The number of hydrogen-bond acceptors (Lipinski definition) is 4. The molecular formula is C13H25N3O3S. The van der Waals surface area contributed by atoms with E-state index in [0.29, 0.717) is 6.54 Å². The molecule has 0 aromatic heterocycles. The number of carbonyl (C=O) groups is 1. The Balaban J connectivity index is 1.97. The molecule has 116 valence electrons. The zero-order valence-corrected chi connectivity index (χ0v) is 12.9. The Morgan fingerprint density at radius 3 is 2.65 bits per heavy atom. The van der Waals surface area contributed by atoms with Gasteiger partial charge < -0.3 is 10.6 Å². The van der Waals surface area contributed by atoms with Gasteiger partial charge in [-0.1, -0.05) is 0 Å². The SMILES string of the molecule is CS(=O)(=O)NCC1CCCCN1C(=O)C1CCC(N)C1. The summed E-state index contributed by atoms with van der Waals surface area (Å²) in [6.45, 7) is 1.06. The number of sulfonamides is 1. The van der Waals surface area contributed by atoms with Gasteiger partial charge in [0.2, 0.25) is 15.9 Å². The monoisotopic (exact) mass is 303 g/mol. The van der Waals surface area contributed by atoms with Gasteiger partial charge >= 0.3 is 0 Å². The van der Waals surface area contributed by atoms with Gasteiger partial charge in [0.25, 0.3) is 0 Å². The molecule has 0 spiro atoms. The molecule has 3 unspecified atom stereocenters. The minimum Gasteiger partial charge on any atom is -0.338 e. The molecule has 1 saturated carbocycles. The fourth-order valence-electron chi connectivity index (χ4n) is 3.23. The number of nitrogens with two attached hydrogens (primary N) is 1. The Hall–Kier alpha value is -0.660. The first-order valence-electron chi connectivity index (χ1n) is 7.37. The highest BCUT2D eigenvalue weighted by atomic mass is 32.2. The topological polar surface area (TPSA) is 92.5 Å². The number of nitrogens with zero attached hydrogens (tertiary/aromatic N) is 1. The minimum atomic E-state index is -3.21. The Labute approximate surface area is 121 Å². The molecule has 2 aliphatic rings. The Morgan fingerprint density at radius 2 is 2.05 bits per heavy atom. The largest absolute Gasteiger partial charge is 0.338 e. The van der Waals surface area contributed by atoms with Crippen molar-refractivity contribution >= 4 is 15.9 Å². The van der Waals surface area contributed by atoms with E-state index < -0.39 is 10.0 Å². The highest BCUT2D eigenvalue weighted by Gasteiger charge is 2.35. The highest BCUT2D eigenvalue weighted by Crippen LogP contribution is 2.28. The third-order valence-electron chi connectivity index (χ3n) is 4.31. The number of carbonyl (C=O) groups excluding carboxylic acids is 1. The molecule has 2 fully saturated rings. The van der Waals surface area contributed by atoms with Crippen LogP contribution in [-0.2, 0) is 14.8 Å². The summed E-state index contributed by atoms with van der Waals surface area (Å²) in [7, 11) is -3.21. The lowest BCUT2D eigenvalue weighted by Gasteiger charge is -2.37. The first kappa shape index (κ1) is 15.7. The standard InChI is InChI=1S/C13H25N3O3S/c1-20(18,19)15-9-12-4-2-3-7-16(12)13(17)10-5-6-11(14)8-10/h10-12,15H,2-9,14H2,1H3. The number of likely N-dealkylation sites (tertiary alicyclic amines) is 1. The van der Waals surface area contributed by atoms with Crippen molar-refractivity contribution in [2.24, 2.45) is 11.7 Å². The number of nitrogens with one attached hydrogen (secondary N) is 1. The molecule has 0 aromatic carbocycles. The van der Waals surface area contributed by atoms with Gasteiger partial charge in [-0.2, -0.15) is 0 Å². The van der Waals surface area contributed by atoms with Gasteiger partial charge in [0.05, 0.1) is 6.26 Å². The molecule has 0 radical (unpaired) electrons. The van der Waals surface area contributed by atoms with Gasteiger partial charge in [0.1, 0.15) is 0 Å². The Kier molecular flexibility index (Phi) is 5.04. The van der Waals surface area contributed by atoms with Crippen molar-refractivity contribution in [2.45, 2.75) is 50.6 Å². The summed E-state index contributed by atoms with van der Waals surface area (Å²) in [5.74, 6) is 0.196. The van der Waals surface area contributed by atoms with E-state index in [1.54, 1.807) is 0 Å². The van der Waals surface area contributed by atoms with Crippen molar-refractivity contribution in [2.75, 3.05) is 19.3 Å². The predicted molar refractivity (Wildman–Crippen MR) is 77.5 cm³/mol. The molecule has 1 saturated heterocycles. The number of piperidine rings is 1. The summed E-state index contributed by atoms with van der Waals surface area (Å²) < 4.78 is 25.0. The predicted octanol–water partition coefficient (Wildman–Crippen LogP) is 0.0441. The van der Waals surface area contributed by atoms with Crippen LogP contribution in [0.25, 0.3) is 0 Å². The molecule has 1 aliphatic heterocycles. The molecule has 0 bridgehead atoms. The van der Waals surface area contributed by atoms with Crippen LogP contribution in [0.2, 0.25) is 0 Å². The summed E-state index contributed by atoms with van der Waals surface area (Å²) in [5, 5.41) is 0. The van der Waals surface area contributed by atoms with Gasteiger partial charge in [-0.25, -0.2) is 13.1 Å². The molecule has 2 rings (SSSR count). The van der Waals surface area contributed by atoms with Crippen molar-refractivity contribution in [3.05, 3.63) is 0 Å². The summed E-state index contributed by atoms with van der Waals surface area (Å²) >= 11 is 0. The molecular weight excluding hydrogens is 278 g/mol. The van der Waals surface area contributed by atoms with Gasteiger partial charge in [-0.3, -0.25) is 4.79 Å². The zero-order chi connectivity index (χ0) is 14.8. The maximum absolute atomic E-state index is 12.6. The fraction of sp³-hybridized carbons (Fsp3) is 0.923. The molecule has 1 heterocycles. The second-order valence-corrected chi connectivity index (χ2v) is 7.90. The molecule has 1 aliphatic carbocycles. The molecule has 1 amide bonds. The molecule has 0 aromatic rings. The van der Waals surface area contributed by atoms with Crippen molar-refractivity contribution < 1.29 is 13.2 Å². The van der Waals surface area contributed by atoms with Crippen LogP contribution in [0.3, 0.4) is 0 Å². The third kappa shape index (κ3) is 4.17. The normalized spacial score (nSPS) is 31.5. The van der Waals surface area contributed by atoms with Crippen LogP contribution in [0, 0.1) is 5.92 Å². The van der Waals surface area contributed by atoms with Gasteiger partial charge in [-0.05, 0) is 38.5 Å². The summed E-state index contributed by atoms with van der Waals surface area (Å²) in [6.07, 6.45) is 6.61. The van der Waals surface area contributed by atoms with Crippen molar-refractivity contribution in [1.29, 1.82) is 0 Å². The second-order valence-electron chi connectivity index (χ2n) is 6.07. The van der Waals surface area contributed by atoms with Gasteiger partial charge in [0, 0.05) is 31.1 Å². The summed E-state index contributed by atoms with van der Waals surface area (Å²) in [5.41, 5.74) is 5.88. The van der Waals surface area contributed by atoms with E-state index in [1.807, 2.05) is 4.90 Å². The smallest absolute Gasteiger partial charge is 0.226 e. The van der Waals surface area contributed by atoms with E-state index in [1.165, 1.54) is 0 Å². The van der Waals surface area contributed by atoms with Crippen LogP contribution in [0.5, 0.6) is 0 Å². The van der Waals surface area contributed by atoms with E-state index >= 15 is 0 Å². The van der Waals surface area contributed by atoms with Gasteiger partial charge in [-0.15, -0.1) is 0 Å². The molecule has 7 heteroatoms. The lowest BCUT2D eigenvalue weighted by molar-refractivity contribution is -0.139. The lowest BCUT2D eigenvalue weighted by Crippen LogP contribution is -2.51. The zero-order valence-electron chi connectivity index (χ0n) is 12.0. The average molecular weight is 303 g/mol. The summed E-state index contributed by atoms with van der Waals surface area (Å²) in [4.78, 5) is 14.5. The van der Waals surface area contributed by atoms with Crippen LogP contribution in [-0.4, -0.2) is 50.7 Å². The minimum absolute atomic E-state index is 0.0113. The van der Waals surface area contributed by atoms with Gasteiger partial charge in [0.15, 0.2) is 0 Å². The summed E-state index contributed by atoms with van der Waals surface area (Å²) in [6, 6.07) is 0.129. The first-order chi connectivity index (χ1) is 9.37. The Morgan fingerprint density at radius 1 is 1.30 bits per heavy atom. The highest BCUT2D eigenvalue weighted by molar-refractivity contribution is 7.88. The molecule has 20 heavy (non-hydrogen) atoms. The van der Waals surface area contributed by atoms with Crippen LogP contribution < -0.4 is 10.5 Å². The number of rotatable bonds is 4. The van der Waals surface area contributed by atoms with Crippen molar-refractivity contribution in [3.63, 3.8) is 0 Å². The van der Waals surface area contributed by atoms with Crippen LogP contribution in [0.1, 0.15) is 38.5 Å². The van der Waals surface area contributed by atoms with E-state index in [4.69, 9.17) is 5.73 Å². The first-order valence-corrected chi connectivity index (χ1v) is 9.26. The van der Waals surface area contributed by atoms with Crippen molar-refractivity contribution in [1.82, 2.24) is 9.62 Å². The Bertz CT molecular complexity index is 452. The van der Waals surface area contributed by atoms with E-state index in [0.717, 1.165) is 51.3 Å². The average Bonchev–Trinajstić information content (AvgIpc) is 2.82. The number of hydrogen-bond donors (Lipinski definition) is 2. The maximum Gasteiger partial charge on any atom is 0.226 e. The van der Waals surface area contributed by atoms with E-state index in [9.17, 15) is 13.2 Å². The fourth-order valence-corrected chi connectivity index (χ4v) is 3.72. The van der Waals surface area contributed by atoms with E-state index in [-0.39, 0.29) is 23.9 Å². The van der Waals surface area contributed by atoms with Crippen LogP contribution >= 0.6 is 0 Å².